The number of nitrogens with two attached hydrogens (primary N) is 1. The molecule has 0 bridgehead atoms. The lowest BCUT2D eigenvalue weighted by Crippen LogP contribution is -2.42. The summed E-state index contributed by atoms with van der Waals surface area (Å²) < 4.78 is 51.7. The molecule has 0 fully saturated rings. The number of hydrogen-bond acceptors (Lipinski definition) is 2. The van der Waals surface area contributed by atoms with Gasteiger partial charge in [0.25, 0.3) is 11.8 Å². The number of anilines is 1. The first kappa shape index (κ1) is 13.3. The maximum Gasteiger partial charge on any atom is 0.416 e. The molecule has 0 atom stereocenters. The lowest BCUT2D eigenvalue weighted by molar-refractivity contribution is -0.735. The molecule has 7 heteroatoms. The molecule has 0 aliphatic heterocycles. The summed E-state index contributed by atoms with van der Waals surface area (Å²) in [6.45, 7) is -0.0342. The first-order valence-corrected chi connectivity index (χ1v) is 5.34. The molecular formula is C12H10F4N3+. The van der Waals surface area contributed by atoms with Crippen LogP contribution in [-0.4, -0.2) is 5.10 Å². The van der Waals surface area contributed by atoms with Crippen LogP contribution in [0.2, 0.25) is 0 Å². The molecule has 0 aliphatic carbocycles. The maximum atomic E-state index is 13.0. The third-order valence-corrected chi connectivity index (χ3v) is 2.49. The van der Waals surface area contributed by atoms with E-state index < -0.39 is 17.7 Å². The van der Waals surface area contributed by atoms with Crippen molar-refractivity contribution in [1.29, 1.82) is 0 Å². The van der Waals surface area contributed by atoms with Crippen LogP contribution in [0, 0.1) is 5.95 Å². The summed E-state index contributed by atoms with van der Waals surface area (Å²) in [6, 6.07) is 7.12. The highest BCUT2D eigenvalue weighted by molar-refractivity contribution is 5.25. The molecule has 0 unspecified atom stereocenters. The molecule has 100 valence electrons. The second kappa shape index (κ2) is 4.83. The van der Waals surface area contributed by atoms with Gasteiger partial charge in [-0.1, -0.05) is 17.2 Å². The lowest BCUT2D eigenvalue weighted by atomic mass is 10.1. The summed E-state index contributed by atoms with van der Waals surface area (Å²) in [5.41, 5.74) is 5.15. The van der Waals surface area contributed by atoms with Gasteiger partial charge in [0.1, 0.15) is 6.54 Å². The van der Waals surface area contributed by atoms with Gasteiger partial charge < -0.3 is 0 Å². The van der Waals surface area contributed by atoms with Crippen LogP contribution in [0.15, 0.2) is 36.4 Å². The van der Waals surface area contributed by atoms with Crippen molar-refractivity contribution in [2.24, 2.45) is 0 Å². The Morgan fingerprint density at radius 3 is 2.58 bits per heavy atom. The fourth-order valence-corrected chi connectivity index (χ4v) is 1.59. The van der Waals surface area contributed by atoms with E-state index in [2.05, 4.69) is 5.10 Å². The van der Waals surface area contributed by atoms with E-state index in [-0.39, 0.29) is 12.4 Å². The lowest BCUT2D eigenvalue weighted by Gasteiger charge is -2.08. The van der Waals surface area contributed by atoms with E-state index in [4.69, 9.17) is 5.73 Å². The van der Waals surface area contributed by atoms with Gasteiger partial charge in [-0.05, 0) is 17.7 Å². The van der Waals surface area contributed by atoms with Crippen LogP contribution in [0.3, 0.4) is 0 Å². The number of rotatable bonds is 2. The van der Waals surface area contributed by atoms with E-state index in [1.165, 1.54) is 18.2 Å². The Morgan fingerprint density at radius 2 is 1.89 bits per heavy atom. The molecule has 2 rings (SSSR count). The second-order valence-electron chi connectivity index (χ2n) is 3.94. The van der Waals surface area contributed by atoms with Crippen LogP contribution < -0.4 is 10.4 Å². The number of hydrogen-bond donors (Lipinski definition) is 1. The number of halogens is 4. The van der Waals surface area contributed by atoms with E-state index >= 15 is 0 Å². The first-order chi connectivity index (χ1) is 8.86. The standard InChI is InChI=1S/C12H9F4N3/c13-10-4-5-11(17)19(18-10)7-8-2-1-3-9(6-8)12(14,15)16/h1-6,17H,7H2/p+1. The van der Waals surface area contributed by atoms with E-state index in [1.54, 1.807) is 0 Å². The smallest absolute Gasteiger partial charge is 0.285 e. The number of alkyl halides is 3. The molecule has 0 saturated carbocycles. The SMILES string of the molecule is Nc1ccc(F)n[n+]1Cc1cccc(C(F)(F)F)c1. The van der Waals surface area contributed by atoms with Crippen molar-refractivity contribution in [3.63, 3.8) is 0 Å². The van der Waals surface area contributed by atoms with Gasteiger partial charge in [0.15, 0.2) is 0 Å². The van der Waals surface area contributed by atoms with E-state index in [0.717, 1.165) is 22.9 Å². The Morgan fingerprint density at radius 1 is 1.16 bits per heavy atom. The van der Waals surface area contributed by atoms with E-state index in [0.29, 0.717) is 5.56 Å². The second-order valence-corrected chi connectivity index (χ2v) is 3.94. The average molecular weight is 272 g/mol. The predicted octanol–water partition coefficient (Wildman–Crippen LogP) is 2.16. The predicted molar refractivity (Wildman–Crippen MR) is 59.3 cm³/mol. The zero-order valence-electron chi connectivity index (χ0n) is 9.65. The summed E-state index contributed by atoms with van der Waals surface area (Å²) in [5.74, 6) is -0.583. The first-order valence-electron chi connectivity index (χ1n) is 5.34. The van der Waals surface area contributed by atoms with Crippen LogP contribution in [0.25, 0.3) is 0 Å². The molecule has 1 heterocycles. The monoisotopic (exact) mass is 272 g/mol. The molecule has 0 spiro atoms. The number of nitrogens with zero attached hydrogens (tertiary/aromatic N) is 2. The van der Waals surface area contributed by atoms with Gasteiger partial charge >= 0.3 is 6.18 Å². The fraction of sp³-hybridized carbons (Fsp3) is 0.167. The van der Waals surface area contributed by atoms with Crippen molar-refractivity contribution in [2.45, 2.75) is 12.7 Å². The minimum atomic E-state index is -4.42. The normalized spacial score (nSPS) is 11.6. The van der Waals surface area contributed by atoms with Crippen LogP contribution in [0.5, 0.6) is 0 Å². The minimum absolute atomic E-state index is 0.0342. The summed E-state index contributed by atoms with van der Waals surface area (Å²) in [4.78, 5) is 0. The maximum absolute atomic E-state index is 13.0. The Bertz CT molecular complexity index is 596. The molecule has 2 N–H and O–H groups in total. The van der Waals surface area contributed by atoms with Crippen molar-refractivity contribution in [1.82, 2.24) is 5.10 Å². The summed E-state index contributed by atoms with van der Waals surface area (Å²) in [5, 5.41) is 3.50. The Hall–Kier alpha value is -2.18. The molecule has 0 aliphatic rings. The number of nitrogen functional groups attached to an aromatic ring is 1. The van der Waals surface area contributed by atoms with Crippen LogP contribution in [-0.2, 0) is 12.7 Å². The van der Waals surface area contributed by atoms with Crippen molar-refractivity contribution < 1.29 is 22.2 Å². The fourth-order valence-electron chi connectivity index (χ4n) is 1.59. The zero-order valence-corrected chi connectivity index (χ0v) is 9.65. The van der Waals surface area contributed by atoms with E-state index in [1.807, 2.05) is 0 Å². The Labute approximate surface area is 106 Å². The highest BCUT2D eigenvalue weighted by Gasteiger charge is 2.30. The summed E-state index contributed by atoms with van der Waals surface area (Å²) in [7, 11) is 0. The van der Waals surface area contributed by atoms with Gasteiger partial charge in [-0.15, -0.1) is 4.68 Å². The van der Waals surface area contributed by atoms with Crippen molar-refractivity contribution in [2.75, 3.05) is 5.73 Å². The molecule has 0 amide bonds. The third-order valence-electron chi connectivity index (χ3n) is 2.49. The van der Waals surface area contributed by atoms with Crippen molar-refractivity contribution >= 4 is 5.82 Å². The third kappa shape index (κ3) is 3.18. The highest BCUT2D eigenvalue weighted by Crippen LogP contribution is 2.29. The summed E-state index contributed by atoms with van der Waals surface area (Å²) >= 11 is 0. The molecule has 19 heavy (non-hydrogen) atoms. The zero-order chi connectivity index (χ0) is 14.0. The van der Waals surface area contributed by atoms with Crippen LogP contribution in [0.1, 0.15) is 11.1 Å². The van der Waals surface area contributed by atoms with Gasteiger partial charge in [0.2, 0.25) is 0 Å². The van der Waals surface area contributed by atoms with Crippen molar-refractivity contribution in [3.8, 4) is 0 Å². The topological polar surface area (TPSA) is 42.8 Å². The Kier molecular flexibility index (Phi) is 3.37. The van der Waals surface area contributed by atoms with Gasteiger partial charge in [0.05, 0.1) is 5.56 Å². The van der Waals surface area contributed by atoms with Gasteiger partial charge in [-0.2, -0.15) is 17.6 Å². The average Bonchev–Trinajstić information content (AvgIpc) is 2.33. The van der Waals surface area contributed by atoms with Gasteiger partial charge in [-0.3, -0.25) is 5.73 Å². The molecule has 0 saturated heterocycles. The van der Waals surface area contributed by atoms with Crippen molar-refractivity contribution in [3.05, 3.63) is 53.5 Å². The highest BCUT2D eigenvalue weighted by atomic mass is 19.4. The summed E-state index contributed by atoms with van der Waals surface area (Å²) in [6.07, 6.45) is -4.42. The van der Waals surface area contributed by atoms with Gasteiger partial charge in [-0.25, -0.2) is 0 Å². The minimum Gasteiger partial charge on any atom is -0.285 e. The molecule has 2 aromatic rings. The molecule has 0 radical (unpaired) electrons. The molecular weight excluding hydrogens is 262 g/mol. The van der Waals surface area contributed by atoms with Crippen LogP contribution >= 0.6 is 0 Å². The number of benzene rings is 1. The Balaban J connectivity index is 2.31. The molecule has 3 nitrogen and oxygen atoms in total. The quantitative estimate of drug-likeness (QED) is 0.672. The van der Waals surface area contributed by atoms with E-state index in [9.17, 15) is 17.6 Å². The molecule has 1 aromatic heterocycles. The molecule has 1 aromatic carbocycles. The number of aromatic nitrogens is 2. The largest absolute Gasteiger partial charge is 0.416 e. The van der Waals surface area contributed by atoms with Crippen LogP contribution in [0.4, 0.5) is 23.4 Å². The van der Waals surface area contributed by atoms with Gasteiger partial charge in [0, 0.05) is 12.1 Å².